The van der Waals surface area contributed by atoms with Crippen molar-refractivity contribution in [3.8, 4) is 11.1 Å². The first-order chi connectivity index (χ1) is 8.24. The second-order valence-electron chi connectivity index (χ2n) is 4.22. The van der Waals surface area contributed by atoms with E-state index in [1.165, 1.54) is 23.1 Å². The zero-order chi connectivity index (χ0) is 11.8. The lowest BCUT2D eigenvalue weighted by molar-refractivity contribution is 0.602. The minimum atomic E-state index is 0.652. The van der Waals surface area contributed by atoms with Gasteiger partial charge in [0, 0.05) is 11.8 Å². The van der Waals surface area contributed by atoms with Crippen molar-refractivity contribution >= 4 is 11.2 Å². The third-order valence-electron chi connectivity index (χ3n) is 2.89. The molecule has 0 aliphatic heterocycles. The van der Waals surface area contributed by atoms with Gasteiger partial charge in [0.05, 0.1) is 0 Å². The topological polar surface area (TPSA) is 38.9 Å². The number of benzene rings is 1. The highest BCUT2D eigenvalue weighted by molar-refractivity contribution is 5.77. The van der Waals surface area contributed by atoms with Crippen LogP contribution in [0.15, 0.2) is 41.3 Å². The first-order valence-electron chi connectivity index (χ1n) is 5.51. The number of aryl methyl sites for hydroxylation is 2. The molecule has 1 aromatic carbocycles. The number of hydrogen-bond donors (Lipinski definition) is 0. The molecule has 0 saturated heterocycles. The number of oxazole rings is 1. The summed E-state index contributed by atoms with van der Waals surface area (Å²) >= 11 is 0. The largest absolute Gasteiger partial charge is 0.442 e. The van der Waals surface area contributed by atoms with Gasteiger partial charge in [-0.2, -0.15) is 4.98 Å². The van der Waals surface area contributed by atoms with Crippen molar-refractivity contribution in [3.05, 3.63) is 48.0 Å². The van der Waals surface area contributed by atoms with Crippen LogP contribution in [0.4, 0.5) is 0 Å². The number of aromatic nitrogens is 2. The molecule has 0 bridgehead atoms. The van der Waals surface area contributed by atoms with Gasteiger partial charge in [0.25, 0.3) is 0 Å². The van der Waals surface area contributed by atoms with Crippen LogP contribution < -0.4 is 0 Å². The number of pyridine rings is 1. The maximum atomic E-state index is 5.28. The van der Waals surface area contributed by atoms with Crippen LogP contribution in [0.3, 0.4) is 0 Å². The molecule has 3 heteroatoms. The summed E-state index contributed by atoms with van der Waals surface area (Å²) in [6.07, 6.45) is 3.26. The summed E-state index contributed by atoms with van der Waals surface area (Å²) in [6.45, 7) is 4.18. The van der Waals surface area contributed by atoms with Crippen LogP contribution >= 0.6 is 0 Å². The monoisotopic (exact) mass is 224 g/mol. The molecule has 0 amide bonds. The Morgan fingerprint density at radius 3 is 2.82 bits per heavy atom. The van der Waals surface area contributed by atoms with Gasteiger partial charge in [0.15, 0.2) is 17.6 Å². The number of rotatable bonds is 1. The zero-order valence-corrected chi connectivity index (χ0v) is 9.77. The molecule has 0 aliphatic carbocycles. The maximum Gasteiger partial charge on any atom is 0.198 e. The van der Waals surface area contributed by atoms with Gasteiger partial charge in [0.1, 0.15) is 0 Å². The number of hydrogen-bond acceptors (Lipinski definition) is 3. The molecule has 2 aromatic heterocycles. The molecule has 2 heterocycles. The Labute approximate surface area is 99.1 Å². The van der Waals surface area contributed by atoms with Crippen molar-refractivity contribution in [3.63, 3.8) is 0 Å². The van der Waals surface area contributed by atoms with Gasteiger partial charge in [0.2, 0.25) is 0 Å². The molecule has 17 heavy (non-hydrogen) atoms. The van der Waals surface area contributed by atoms with E-state index >= 15 is 0 Å². The zero-order valence-electron chi connectivity index (χ0n) is 9.77. The summed E-state index contributed by atoms with van der Waals surface area (Å²) in [6, 6.07) is 8.38. The summed E-state index contributed by atoms with van der Waals surface area (Å²) in [5.41, 5.74) is 6.10. The van der Waals surface area contributed by atoms with Gasteiger partial charge in [-0.1, -0.05) is 23.8 Å². The highest BCUT2D eigenvalue weighted by Gasteiger charge is 2.06. The predicted octanol–water partition coefficient (Wildman–Crippen LogP) is 3.51. The van der Waals surface area contributed by atoms with Gasteiger partial charge in [-0.3, -0.25) is 0 Å². The SMILES string of the molecule is Cc1ccc(C)c(-c2cnc3ncoc3c2)c1. The van der Waals surface area contributed by atoms with E-state index in [0.717, 1.165) is 11.1 Å². The molecule has 3 rings (SSSR count). The van der Waals surface area contributed by atoms with Crippen LogP contribution in [0, 0.1) is 13.8 Å². The van der Waals surface area contributed by atoms with Crippen LogP contribution in [0.2, 0.25) is 0 Å². The molecule has 84 valence electrons. The van der Waals surface area contributed by atoms with E-state index in [-0.39, 0.29) is 0 Å². The predicted molar refractivity (Wildman–Crippen MR) is 66.7 cm³/mol. The van der Waals surface area contributed by atoms with E-state index in [1.807, 2.05) is 12.3 Å². The Balaban J connectivity index is 2.22. The molecule has 0 unspecified atom stereocenters. The summed E-state index contributed by atoms with van der Waals surface area (Å²) in [4.78, 5) is 8.30. The summed E-state index contributed by atoms with van der Waals surface area (Å²) in [5.74, 6) is 0. The summed E-state index contributed by atoms with van der Waals surface area (Å²) in [5, 5.41) is 0. The average molecular weight is 224 g/mol. The Bertz CT molecular complexity index is 686. The maximum absolute atomic E-state index is 5.28. The molecular formula is C14H12N2O. The Morgan fingerprint density at radius 1 is 1.06 bits per heavy atom. The van der Waals surface area contributed by atoms with Crippen LogP contribution in [-0.4, -0.2) is 9.97 Å². The Hall–Kier alpha value is -2.16. The summed E-state index contributed by atoms with van der Waals surface area (Å²) in [7, 11) is 0. The van der Waals surface area contributed by atoms with E-state index in [9.17, 15) is 0 Å². The second-order valence-corrected chi connectivity index (χ2v) is 4.22. The van der Waals surface area contributed by atoms with E-state index in [2.05, 4.69) is 42.0 Å². The second kappa shape index (κ2) is 3.70. The molecule has 0 aliphatic rings. The third kappa shape index (κ3) is 1.69. The van der Waals surface area contributed by atoms with Crippen LogP contribution in [0.25, 0.3) is 22.4 Å². The van der Waals surface area contributed by atoms with E-state index in [4.69, 9.17) is 4.42 Å². The normalized spacial score (nSPS) is 10.9. The van der Waals surface area contributed by atoms with Crippen LogP contribution in [-0.2, 0) is 0 Å². The number of nitrogens with zero attached hydrogens (tertiary/aromatic N) is 2. The minimum absolute atomic E-state index is 0.652. The van der Waals surface area contributed by atoms with Crippen molar-refractivity contribution in [2.75, 3.05) is 0 Å². The molecule has 0 fully saturated rings. The van der Waals surface area contributed by atoms with Gasteiger partial charge in [-0.25, -0.2) is 4.98 Å². The van der Waals surface area contributed by atoms with Crippen molar-refractivity contribution in [2.45, 2.75) is 13.8 Å². The molecule has 0 saturated carbocycles. The minimum Gasteiger partial charge on any atom is -0.442 e. The molecule has 0 radical (unpaired) electrons. The quantitative estimate of drug-likeness (QED) is 0.635. The van der Waals surface area contributed by atoms with Crippen LogP contribution in [0.1, 0.15) is 11.1 Å². The smallest absolute Gasteiger partial charge is 0.198 e. The Kier molecular flexibility index (Phi) is 2.18. The van der Waals surface area contributed by atoms with Gasteiger partial charge < -0.3 is 4.42 Å². The third-order valence-corrected chi connectivity index (χ3v) is 2.89. The standard InChI is InChI=1S/C14H12N2O/c1-9-3-4-10(2)12(5-9)11-6-13-14(15-7-11)16-8-17-13/h3-8H,1-2H3. The van der Waals surface area contributed by atoms with Gasteiger partial charge >= 0.3 is 0 Å². The van der Waals surface area contributed by atoms with E-state index in [1.54, 1.807) is 0 Å². The van der Waals surface area contributed by atoms with E-state index in [0.29, 0.717) is 5.65 Å². The van der Waals surface area contributed by atoms with Gasteiger partial charge in [-0.15, -0.1) is 0 Å². The first kappa shape index (κ1) is 10.0. The van der Waals surface area contributed by atoms with E-state index < -0.39 is 0 Å². The molecule has 0 atom stereocenters. The van der Waals surface area contributed by atoms with Crippen molar-refractivity contribution in [1.29, 1.82) is 0 Å². The highest BCUT2D eigenvalue weighted by atomic mass is 16.3. The highest BCUT2D eigenvalue weighted by Crippen LogP contribution is 2.26. The van der Waals surface area contributed by atoms with Gasteiger partial charge in [-0.05, 0) is 31.0 Å². The molecule has 0 spiro atoms. The first-order valence-corrected chi connectivity index (χ1v) is 5.51. The number of fused-ring (bicyclic) bond motifs is 1. The average Bonchev–Trinajstić information content (AvgIpc) is 2.79. The van der Waals surface area contributed by atoms with Crippen molar-refractivity contribution in [1.82, 2.24) is 9.97 Å². The lowest BCUT2D eigenvalue weighted by Gasteiger charge is -2.06. The molecule has 3 nitrogen and oxygen atoms in total. The summed E-state index contributed by atoms with van der Waals surface area (Å²) < 4.78 is 5.28. The van der Waals surface area contributed by atoms with Crippen molar-refractivity contribution < 1.29 is 4.42 Å². The molecule has 3 aromatic rings. The fourth-order valence-electron chi connectivity index (χ4n) is 1.95. The Morgan fingerprint density at radius 2 is 1.94 bits per heavy atom. The molecule has 0 N–H and O–H groups in total. The fraction of sp³-hybridized carbons (Fsp3) is 0.143. The van der Waals surface area contributed by atoms with Crippen LogP contribution in [0.5, 0.6) is 0 Å². The lowest BCUT2D eigenvalue weighted by atomic mass is 10.00. The molecular weight excluding hydrogens is 212 g/mol. The lowest BCUT2D eigenvalue weighted by Crippen LogP contribution is -1.86. The fourth-order valence-corrected chi connectivity index (χ4v) is 1.95. The van der Waals surface area contributed by atoms with Crippen molar-refractivity contribution in [2.24, 2.45) is 0 Å².